The van der Waals surface area contributed by atoms with Crippen LogP contribution in [0.25, 0.3) is 0 Å². The Morgan fingerprint density at radius 1 is 1.35 bits per heavy atom. The normalized spacial score (nSPS) is 15.8. The van der Waals surface area contributed by atoms with Gasteiger partial charge in [-0.1, -0.05) is 20.8 Å². The average Bonchev–Trinajstić information content (AvgIpc) is 3.05. The number of guanidine groups is 1. The lowest BCUT2D eigenvalue weighted by molar-refractivity contribution is 0.0205. The zero-order valence-electron chi connectivity index (χ0n) is 14.7. The van der Waals surface area contributed by atoms with Crippen molar-refractivity contribution in [1.82, 2.24) is 25.4 Å². The predicted molar refractivity (Wildman–Crippen MR) is 102 cm³/mol. The van der Waals surface area contributed by atoms with Crippen LogP contribution in [0.2, 0.25) is 0 Å². The molecule has 1 aliphatic heterocycles. The SMILES string of the molecule is CN=C(NCc1nnc2n1CCC2)NCC(OC)C(C)(C)C.I. The summed E-state index contributed by atoms with van der Waals surface area (Å²) >= 11 is 0. The summed E-state index contributed by atoms with van der Waals surface area (Å²) in [5.74, 6) is 2.81. The van der Waals surface area contributed by atoms with Crippen LogP contribution in [0.15, 0.2) is 4.99 Å². The summed E-state index contributed by atoms with van der Waals surface area (Å²) in [6.45, 7) is 8.84. The molecule has 0 radical (unpaired) electrons. The lowest BCUT2D eigenvalue weighted by atomic mass is 9.89. The smallest absolute Gasteiger partial charge is 0.191 e. The molecule has 2 heterocycles. The minimum absolute atomic E-state index is 0. The van der Waals surface area contributed by atoms with E-state index in [1.54, 1.807) is 14.2 Å². The number of rotatable bonds is 5. The number of aryl methyl sites for hydroxylation is 1. The Hall–Kier alpha value is -0.900. The van der Waals surface area contributed by atoms with Crippen LogP contribution in [0.3, 0.4) is 0 Å². The molecule has 0 bridgehead atoms. The van der Waals surface area contributed by atoms with Gasteiger partial charge in [-0.25, -0.2) is 0 Å². The van der Waals surface area contributed by atoms with Gasteiger partial charge in [0.25, 0.3) is 0 Å². The number of methoxy groups -OCH3 is 1. The zero-order chi connectivity index (χ0) is 16.2. The summed E-state index contributed by atoms with van der Waals surface area (Å²) in [7, 11) is 3.51. The molecule has 2 rings (SSSR count). The van der Waals surface area contributed by atoms with Crippen LogP contribution in [0.4, 0.5) is 0 Å². The summed E-state index contributed by atoms with van der Waals surface area (Å²) in [6.07, 6.45) is 2.30. The number of hydrogen-bond acceptors (Lipinski definition) is 4. The quantitative estimate of drug-likeness (QED) is 0.417. The average molecular weight is 436 g/mol. The highest BCUT2D eigenvalue weighted by atomic mass is 127. The second kappa shape index (κ2) is 8.81. The van der Waals surface area contributed by atoms with E-state index in [9.17, 15) is 0 Å². The fraction of sp³-hybridized carbons (Fsp3) is 0.800. The highest BCUT2D eigenvalue weighted by Crippen LogP contribution is 2.20. The Bertz CT molecular complexity index is 523. The standard InChI is InChI=1S/C15H28N6O.HI/c1-15(2,3)11(22-5)9-17-14(16-4)18-10-13-20-19-12-7-6-8-21(12)13;/h11H,6-10H2,1-5H3,(H2,16,17,18);1H. The van der Waals surface area contributed by atoms with Gasteiger partial charge in [0.2, 0.25) is 0 Å². The largest absolute Gasteiger partial charge is 0.379 e. The van der Waals surface area contributed by atoms with Gasteiger partial charge in [-0.15, -0.1) is 34.2 Å². The highest BCUT2D eigenvalue weighted by Gasteiger charge is 2.24. The van der Waals surface area contributed by atoms with E-state index in [1.165, 1.54) is 0 Å². The molecule has 0 amide bonds. The maximum Gasteiger partial charge on any atom is 0.191 e. The van der Waals surface area contributed by atoms with E-state index >= 15 is 0 Å². The first-order valence-corrected chi connectivity index (χ1v) is 7.84. The van der Waals surface area contributed by atoms with Crippen LogP contribution in [-0.2, 0) is 24.2 Å². The van der Waals surface area contributed by atoms with Gasteiger partial charge in [-0.05, 0) is 11.8 Å². The molecular weight excluding hydrogens is 407 g/mol. The van der Waals surface area contributed by atoms with Crippen molar-refractivity contribution in [2.24, 2.45) is 10.4 Å². The number of aliphatic imine (C=N–C) groups is 1. The molecule has 1 atom stereocenters. The van der Waals surface area contributed by atoms with E-state index in [2.05, 4.69) is 51.2 Å². The third-order valence-electron chi connectivity index (χ3n) is 4.03. The predicted octanol–water partition coefficient (Wildman–Crippen LogP) is 1.57. The molecule has 1 aliphatic rings. The Balaban J connectivity index is 0.00000264. The first-order valence-electron chi connectivity index (χ1n) is 7.84. The number of hydrogen-bond donors (Lipinski definition) is 2. The molecule has 23 heavy (non-hydrogen) atoms. The third kappa shape index (κ3) is 5.30. The number of nitrogens with one attached hydrogen (secondary N) is 2. The van der Waals surface area contributed by atoms with E-state index in [1.807, 2.05) is 0 Å². The fourth-order valence-electron chi connectivity index (χ4n) is 2.66. The monoisotopic (exact) mass is 436 g/mol. The summed E-state index contributed by atoms with van der Waals surface area (Å²) < 4.78 is 7.74. The lowest BCUT2D eigenvalue weighted by Crippen LogP contribution is -2.45. The van der Waals surface area contributed by atoms with E-state index < -0.39 is 0 Å². The first kappa shape index (κ1) is 20.1. The van der Waals surface area contributed by atoms with Gasteiger partial charge < -0.3 is 19.9 Å². The van der Waals surface area contributed by atoms with Gasteiger partial charge in [0.05, 0.1) is 12.6 Å². The van der Waals surface area contributed by atoms with Crippen molar-refractivity contribution in [2.75, 3.05) is 20.7 Å². The Kier molecular flexibility index (Phi) is 7.72. The minimum atomic E-state index is 0. The van der Waals surface area contributed by atoms with E-state index in [0.717, 1.165) is 37.0 Å². The van der Waals surface area contributed by atoms with Gasteiger partial charge in [-0.3, -0.25) is 4.99 Å². The van der Waals surface area contributed by atoms with Crippen molar-refractivity contribution in [3.05, 3.63) is 11.6 Å². The number of nitrogens with zero attached hydrogens (tertiary/aromatic N) is 4. The summed E-state index contributed by atoms with van der Waals surface area (Å²) in [5.41, 5.74) is 0.0778. The summed E-state index contributed by atoms with van der Waals surface area (Å²) in [6, 6.07) is 0. The van der Waals surface area contributed by atoms with Gasteiger partial charge in [-0.2, -0.15) is 0 Å². The molecule has 0 saturated carbocycles. The Morgan fingerprint density at radius 2 is 2.09 bits per heavy atom. The zero-order valence-corrected chi connectivity index (χ0v) is 17.0. The van der Waals surface area contributed by atoms with Crippen molar-refractivity contribution in [3.8, 4) is 0 Å². The van der Waals surface area contributed by atoms with Gasteiger partial charge in [0.1, 0.15) is 5.82 Å². The number of aromatic nitrogens is 3. The van der Waals surface area contributed by atoms with Crippen LogP contribution >= 0.6 is 24.0 Å². The van der Waals surface area contributed by atoms with Crippen LogP contribution < -0.4 is 10.6 Å². The van der Waals surface area contributed by atoms with Gasteiger partial charge in [0, 0.05) is 33.7 Å². The van der Waals surface area contributed by atoms with Gasteiger partial charge in [0.15, 0.2) is 11.8 Å². The molecule has 0 aliphatic carbocycles. The molecule has 0 fully saturated rings. The van der Waals surface area contributed by atoms with E-state index in [0.29, 0.717) is 13.1 Å². The molecular formula is C15H29IN6O. The molecule has 7 nitrogen and oxygen atoms in total. The minimum Gasteiger partial charge on any atom is -0.379 e. The number of fused-ring (bicyclic) bond motifs is 1. The van der Waals surface area contributed by atoms with Crippen molar-refractivity contribution in [3.63, 3.8) is 0 Å². The van der Waals surface area contributed by atoms with Crippen LogP contribution in [-0.4, -0.2) is 47.5 Å². The topological polar surface area (TPSA) is 76.4 Å². The van der Waals surface area contributed by atoms with E-state index in [-0.39, 0.29) is 35.5 Å². The molecule has 0 spiro atoms. The van der Waals surface area contributed by atoms with Crippen LogP contribution in [0.5, 0.6) is 0 Å². The molecule has 1 aromatic heterocycles. The second-order valence-corrected chi connectivity index (χ2v) is 6.68. The number of halogens is 1. The van der Waals surface area contributed by atoms with Crippen LogP contribution in [0.1, 0.15) is 38.8 Å². The van der Waals surface area contributed by atoms with E-state index in [4.69, 9.17) is 4.74 Å². The third-order valence-corrected chi connectivity index (χ3v) is 4.03. The summed E-state index contributed by atoms with van der Waals surface area (Å²) in [5, 5.41) is 15.1. The Labute approximate surface area is 155 Å². The second-order valence-electron chi connectivity index (χ2n) is 6.68. The molecule has 2 N–H and O–H groups in total. The molecule has 0 saturated heterocycles. The molecule has 8 heteroatoms. The van der Waals surface area contributed by atoms with Crippen molar-refractivity contribution in [1.29, 1.82) is 0 Å². The Morgan fingerprint density at radius 3 is 2.70 bits per heavy atom. The lowest BCUT2D eigenvalue weighted by Gasteiger charge is -2.30. The highest BCUT2D eigenvalue weighted by molar-refractivity contribution is 14.0. The molecule has 1 unspecified atom stereocenters. The first-order chi connectivity index (χ1) is 10.5. The fourth-order valence-corrected chi connectivity index (χ4v) is 2.66. The van der Waals surface area contributed by atoms with Gasteiger partial charge >= 0.3 is 0 Å². The maximum absolute atomic E-state index is 5.55. The molecule has 132 valence electrons. The maximum atomic E-state index is 5.55. The van der Waals surface area contributed by atoms with Crippen molar-refractivity contribution >= 4 is 29.9 Å². The summed E-state index contributed by atoms with van der Waals surface area (Å²) in [4.78, 5) is 4.25. The molecule has 1 aromatic rings. The molecule has 0 aromatic carbocycles. The van der Waals surface area contributed by atoms with Crippen molar-refractivity contribution in [2.45, 2.75) is 52.8 Å². The van der Waals surface area contributed by atoms with Crippen LogP contribution in [0, 0.1) is 5.41 Å². The van der Waals surface area contributed by atoms with Crippen molar-refractivity contribution < 1.29 is 4.74 Å². The number of ether oxygens (including phenoxy) is 1.